The summed E-state index contributed by atoms with van der Waals surface area (Å²) >= 11 is 4.84. The topological polar surface area (TPSA) is 63.7 Å². The number of carbonyl (C=O) groups excluding carboxylic acids is 1. The monoisotopic (exact) mass is 439 g/mol. The lowest BCUT2D eigenvalue weighted by Crippen LogP contribution is -2.29. The van der Waals surface area contributed by atoms with Gasteiger partial charge in [0.2, 0.25) is 0 Å². The number of likely N-dealkylation sites (tertiary alicyclic amines) is 1. The van der Waals surface area contributed by atoms with Crippen LogP contribution < -0.4 is 14.8 Å². The lowest BCUT2D eigenvalue weighted by Gasteiger charge is -2.25. The van der Waals surface area contributed by atoms with E-state index in [4.69, 9.17) is 9.47 Å². The molecule has 1 aliphatic heterocycles. The Morgan fingerprint density at radius 1 is 1.27 bits per heavy atom. The van der Waals surface area contributed by atoms with Crippen LogP contribution in [-0.4, -0.2) is 43.1 Å². The molecule has 0 aliphatic carbocycles. The van der Waals surface area contributed by atoms with E-state index in [0.29, 0.717) is 26.7 Å². The second kappa shape index (κ2) is 8.83. The van der Waals surface area contributed by atoms with Gasteiger partial charge in [0.25, 0.3) is 5.91 Å². The molecule has 0 spiro atoms. The number of halogens is 1. The van der Waals surface area contributed by atoms with Crippen LogP contribution in [0.4, 0.5) is 5.13 Å². The molecule has 2 heterocycles. The Balaban J connectivity index is 1.71. The number of piperidine rings is 1. The van der Waals surface area contributed by atoms with Crippen molar-refractivity contribution < 1.29 is 14.3 Å². The van der Waals surface area contributed by atoms with Crippen molar-refractivity contribution in [2.24, 2.45) is 0 Å². The smallest absolute Gasteiger partial charge is 0.261 e. The second-order valence-corrected chi connectivity index (χ2v) is 7.84. The van der Waals surface area contributed by atoms with Crippen LogP contribution in [0.1, 0.15) is 35.3 Å². The molecule has 2 aromatic rings. The molecule has 1 aliphatic rings. The summed E-state index contributed by atoms with van der Waals surface area (Å²) in [4.78, 5) is 19.7. The van der Waals surface area contributed by atoms with Crippen LogP contribution in [0.5, 0.6) is 11.5 Å². The number of methoxy groups -OCH3 is 2. The average molecular weight is 440 g/mol. The molecule has 0 saturated carbocycles. The van der Waals surface area contributed by atoms with Crippen molar-refractivity contribution in [2.75, 3.05) is 32.6 Å². The molecule has 1 saturated heterocycles. The van der Waals surface area contributed by atoms with Gasteiger partial charge in [-0.15, -0.1) is 11.3 Å². The van der Waals surface area contributed by atoms with Crippen LogP contribution in [-0.2, 0) is 6.54 Å². The maximum Gasteiger partial charge on any atom is 0.261 e. The fraction of sp³-hybridized carbons (Fsp3) is 0.444. The highest BCUT2D eigenvalue weighted by Crippen LogP contribution is 2.34. The highest BCUT2D eigenvalue weighted by molar-refractivity contribution is 9.10. The van der Waals surface area contributed by atoms with Crippen molar-refractivity contribution in [2.45, 2.75) is 25.8 Å². The molecule has 26 heavy (non-hydrogen) atoms. The van der Waals surface area contributed by atoms with Crippen molar-refractivity contribution in [1.82, 2.24) is 9.88 Å². The van der Waals surface area contributed by atoms with Crippen LogP contribution in [0, 0.1) is 0 Å². The number of aromatic nitrogens is 1. The second-order valence-electron chi connectivity index (χ2n) is 6.12. The Morgan fingerprint density at radius 3 is 2.73 bits per heavy atom. The van der Waals surface area contributed by atoms with E-state index in [9.17, 15) is 4.79 Å². The quantitative estimate of drug-likeness (QED) is 0.731. The standard InChI is InChI=1S/C18H22BrN3O3S/c1-24-13-8-14(16(25-2)15(19)9-13)17(23)21-18-20-12(11-26-18)10-22-6-4-3-5-7-22/h8-9,11H,3-7,10H2,1-2H3,(H,20,21,23). The minimum absolute atomic E-state index is 0.277. The zero-order chi connectivity index (χ0) is 18.5. The number of thiazole rings is 1. The molecule has 1 aromatic heterocycles. The lowest BCUT2D eigenvalue weighted by atomic mass is 10.1. The van der Waals surface area contributed by atoms with Crippen molar-refractivity contribution in [3.8, 4) is 11.5 Å². The van der Waals surface area contributed by atoms with Crippen LogP contribution in [0.2, 0.25) is 0 Å². The van der Waals surface area contributed by atoms with Crippen molar-refractivity contribution >= 4 is 38.3 Å². The summed E-state index contributed by atoms with van der Waals surface area (Å²) < 4.78 is 11.3. The summed E-state index contributed by atoms with van der Waals surface area (Å²) in [6.45, 7) is 3.07. The minimum atomic E-state index is -0.277. The summed E-state index contributed by atoms with van der Waals surface area (Å²) in [6, 6.07) is 3.41. The first kappa shape index (κ1) is 19.1. The molecule has 6 nitrogen and oxygen atoms in total. The van der Waals surface area contributed by atoms with Gasteiger partial charge in [0.15, 0.2) is 5.13 Å². The van der Waals surface area contributed by atoms with Gasteiger partial charge in [-0.2, -0.15) is 0 Å². The van der Waals surface area contributed by atoms with Gasteiger partial charge in [0.1, 0.15) is 11.5 Å². The summed E-state index contributed by atoms with van der Waals surface area (Å²) in [6.07, 6.45) is 3.81. The molecule has 0 bridgehead atoms. The van der Waals surface area contributed by atoms with Gasteiger partial charge in [-0.05, 0) is 54.0 Å². The number of ether oxygens (including phenoxy) is 2. The summed E-state index contributed by atoms with van der Waals surface area (Å²) in [5, 5.41) is 5.45. The first-order chi connectivity index (χ1) is 12.6. The molecule has 3 rings (SSSR count). The van der Waals surface area contributed by atoms with Crippen molar-refractivity contribution in [1.29, 1.82) is 0 Å². The number of carbonyl (C=O) groups is 1. The normalized spacial score (nSPS) is 14.9. The number of rotatable bonds is 6. The third-order valence-electron chi connectivity index (χ3n) is 4.31. The van der Waals surface area contributed by atoms with Crippen LogP contribution in [0.25, 0.3) is 0 Å². The number of hydrogen-bond donors (Lipinski definition) is 1. The lowest BCUT2D eigenvalue weighted by molar-refractivity contribution is 0.102. The molecule has 140 valence electrons. The van der Waals surface area contributed by atoms with E-state index >= 15 is 0 Å². The highest BCUT2D eigenvalue weighted by Gasteiger charge is 2.19. The molecule has 0 atom stereocenters. The molecule has 1 aromatic carbocycles. The predicted molar refractivity (Wildman–Crippen MR) is 106 cm³/mol. The van der Waals surface area contributed by atoms with Gasteiger partial charge < -0.3 is 9.47 Å². The first-order valence-electron chi connectivity index (χ1n) is 8.50. The summed E-state index contributed by atoms with van der Waals surface area (Å²) in [7, 11) is 3.09. The van der Waals surface area contributed by atoms with Crippen molar-refractivity contribution in [3.05, 3.63) is 33.2 Å². The molecular weight excluding hydrogens is 418 g/mol. The van der Waals surface area contributed by atoms with E-state index < -0.39 is 0 Å². The van der Waals surface area contributed by atoms with Gasteiger partial charge in [0, 0.05) is 11.9 Å². The first-order valence-corrected chi connectivity index (χ1v) is 10.2. The Morgan fingerprint density at radius 2 is 2.04 bits per heavy atom. The Hall–Kier alpha value is -1.64. The Labute approximate surface area is 165 Å². The SMILES string of the molecule is COc1cc(Br)c(OC)c(C(=O)Nc2nc(CN3CCCCC3)cs2)c1. The number of benzene rings is 1. The fourth-order valence-electron chi connectivity index (χ4n) is 3.01. The van der Waals surface area contributed by atoms with Crippen LogP contribution >= 0.6 is 27.3 Å². The van der Waals surface area contributed by atoms with E-state index in [1.54, 1.807) is 19.2 Å². The molecule has 1 N–H and O–H groups in total. The number of amides is 1. The van der Waals surface area contributed by atoms with Crippen molar-refractivity contribution in [3.63, 3.8) is 0 Å². The Kier molecular flexibility index (Phi) is 6.50. The van der Waals surface area contributed by atoms with Crippen LogP contribution in [0.3, 0.4) is 0 Å². The number of nitrogens with zero attached hydrogens (tertiary/aromatic N) is 2. The van der Waals surface area contributed by atoms with Gasteiger partial charge in [-0.25, -0.2) is 4.98 Å². The van der Waals surface area contributed by atoms with E-state index in [1.165, 1.54) is 37.7 Å². The highest BCUT2D eigenvalue weighted by atomic mass is 79.9. The number of hydrogen-bond acceptors (Lipinski definition) is 6. The zero-order valence-corrected chi connectivity index (χ0v) is 17.3. The van der Waals surface area contributed by atoms with E-state index in [0.717, 1.165) is 25.3 Å². The molecule has 0 radical (unpaired) electrons. The summed E-state index contributed by atoms with van der Waals surface area (Å²) in [5.74, 6) is 0.765. The number of nitrogens with one attached hydrogen (secondary N) is 1. The Bertz CT molecular complexity index is 775. The average Bonchev–Trinajstić information content (AvgIpc) is 3.08. The minimum Gasteiger partial charge on any atom is -0.497 e. The maximum absolute atomic E-state index is 12.7. The molecule has 1 fully saturated rings. The van der Waals surface area contributed by atoms with E-state index in [-0.39, 0.29) is 5.91 Å². The van der Waals surface area contributed by atoms with E-state index in [1.807, 2.05) is 5.38 Å². The molecular formula is C18H22BrN3O3S. The van der Waals surface area contributed by atoms with Crippen LogP contribution in [0.15, 0.2) is 22.0 Å². The maximum atomic E-state index is 12.7. The number of anilines is 1. The summed E-state index contributed by atoms with van der Waals surface area (Å²) in [5.41, 5.74) is 1.39. The van der Waals surface area contributed by atoms with Gasteiger partial charge in [-0.1, -0.05) is 6.42 Å². The van der Waals surface area contributed by atoms with Gasteiger partial charge >= 0.3 is 0 Å². The largest absolute Gasteiger partial charge is 0.497 e. The van der Waals surface area contributed by atoms with Gasteiger partial charge in [0.05, 0.1) is 29.9 Å². The third-order valence-corrected chi connectivity index (χ3v) is 5.70. The third kappa shape index (κ3) is 4.55. The molecule has 1 amide bonds. The van der Waals surface area contributed by atoms with Gasteiger partial charge in [-0.3, -0.25) is 15.0 Å². The zero-order valence-electron chi connectivity index (χ0n) is 14.9. The molecule has 0 unspecified atom stereocenters. The van der Waals surface area contributed by atoms with E-state index in [2.05, 4.69) is 31.1 Å². The predicted octanol–water partition coefficient (Wildman–Crippen LogP) is 4.16. The molecule has 8 heteroatoms. The fourth-order valence-corrected chi connectivity index (χ4v) is 4.31.